The van der Waals surface area contributed by atoms with Gasteiger partial charge >= 0.3 is 11.9 Å². The molecule has 0 aromatic heterocycles. The van der Waals surface area contributed by atoms with Gasteiger partial charge in [-0.25, -0.2) is 0 Å². The minimum atomic E-state index is -1.21. The fourth-order valence-electron chi connectivity index (χ4n) is 4.03. The van der Waals surface area contributed by atoms with Crippen LogP contribution < -0.4 is 0 Å². The SMILES string of the molecule is CCC(C)(C)C(=O)OC[C@H]1C[C@@H]2C[C@H](C)[C@@]1(/C=C/C(=O)CC(O)CC(=O)O)O2. The van der Waals surface area contributed by atoms with Crippen molar-refractivity contribution in [2.45, 2.75) is 77.6 Å². The van der Waals surface area contributed by atoms with E-state index in [9.17, 15) is 19.5 Å². The number of fused-ring (bicyclic) bond motifs is 2. The standard InChI is InChI=1S/C21H32O7/c1-5-20(3,4)19(26)27-12-14-9-17-8-13(2)21(14,28-17)7-6-15(22)10-16(23)11-18(24)25/h6-7,13-14,16-17,23H,5,8-12H2,1-4H3,(H,24,25)/b7-6+/t13-,14+,16?,17-,21+/m0/s1. The number of aliphatic hydroxyl groups excluding tert-OH is 1. The Balaban J connectivity index is 2.03. The van der Waals surface area contributed by atoms with Crippen LogP contribution in [0.1, 0.15) is 59.8 Å². The molecular formula is C21H32O7. The topological polar surface area (TPSA) is 110 Å². The normalized spacial score (nSPS) is 30.5. The highest BCUT2D eigenvalue weighted by Gasteiger charge is 2.56. The molecule has 2 aliphatic rings. The van der Waals surface area contributed by atoms with Gasteiger partial charge in [0, 0.05) is 12.3 Å². The molecule has 0 aromatic carbocycles. The molecule has 0 aromatic rings. The Bertz CT molecular complexity index is 639. The smallest absolute Gasteiger partial charge is 0.311 e. The molecule has 2 N–H and O–H groups in total. The van der Waals surface area contributed by atoms with Gasteiger partial charge in [-0.1, -0.05) is 13.8 Å². The van der Waals surface area contributed by atoms with E-state index >= 15 is 0 Å². The van der Waals surface area contributed by atoms with E-state index in [1.165, 1.54) is 6.08 Å². The summed E-state index contributed by atoms with van der Waals surface area (Å²) < 4.78 is 11.7. The number of carboxylic acids is 1. The Morgan fingerprint density at radius 1 is 1.29 bits per heavy atom. The Hall–Kier alpha value is -1.73. The van der Waals surface area contributed by atoms with E-state index in [-0.39, 0.29) is 42.7 Å². The van der Waals surface area contributed by atoms with Gasteiger partial charge in [0.05, 0.1) is 36.3 Å². The van der Waals surface area contributed by atoms with Crippen LogP contribution in [0.5, 0.6) is 0 Å². The van der Waals surface area contributed by atoms with Crippen molar-refractivity contribution in [1.82, 2.24) is 0 Å². The summed E-state index contributed by atoms with van der Waals surface area (Å²) in [4.78, 5) is 35.1. The van der Waals surface area contributed by atoms with Crippen LogP contribution in [-0.2, 0) is 23.9 Å². The van der Waals surface area contributed by atoms with Gasteiger partial charge in [-0.05, 0) is 51.2 Å². The van der Waals surface area contributed by atoms with Crippen molar-refractivity contribution in [2.75, 3.05) is 6.61 Å². The number of ketones is 1. The highest BCUT2D eigenvalue weighted by molar-refractivity contribution is 5.90. The minimum absolute atomic E-state index is 0.0363. The monoisotopic (exact) mass is 396 g/mol. The third-order valence-electron chi connectivity index (χ3n) is 6.17. The van der Waals surface area contributed by atoms with Gasteiger partial charge < -0.3 is 19.7 Å². The number of esters is 1. The summed E-state index contributed by atoms with van der Waals surface area (Å²) in [5.41, 5.74) is -1.21. The second kappa shape index (κ2) is 8.74. The van der Waals surface area contributed by atoms with Crippen LogP contribution in [0.15, 0.2) is 12.2 Å². The van der Waals surface area contributed by atoms with Crippen molar-refractivity contribution in [2.24, 2.45) is 17.3 Å². The minimum Gasteiger partial charge on any atom is -0.481 e. The van der Waals surface area contributed by atoms with Crippen molar-refractivity contribution in [3.63, 3.8) is 0 Å². The molecule has 0 amide bonds. The average Bonchev–Trinajstić information content (AvgIpc) is 3.10. The van der Waals surface area contributed by atoms with Crippen LogP contribution in [0.4, 0.5) is 0 Å². The quantitative estimate of drug-likeness (QED) is 0.431. The Morgan fingerprint density at radius 2 is 1.96 bits per heavy atom. The first kappa shape index (κ1) is 22.6. The molecule has 1 unspecified atom stereocenters. The lowest BCUT2D eigenvalue weighted by molar-refractivity contribution is -0.157. The van der Waals surface area contributed by atoms with E-state index in [4.69, 9.17) is 14.6 Å². The van der Waals surface area contributed by atoms with Gasteiger partial charge in [0.2, 0.25) is 0 Å². The molecule has 7 nitrogen and oxygen atoms in total. The highest BCUT2D eigenvalue weighted by Crippen LogP contribution is 2.52. The molecule has 2 fully saturated rings. The van der Waals surface area contributed by atoms with Gasteiger partial charge in [-0.15, -0.1) is 0 Å². The van der Waals surface area contributed by atoms with Gasteiger partial charge in [0.25, 0.3) is 0 Å². The van der Waals surface area contributed by atoms with Crippen LogP contribution in [0.3, 0.4) is 0 Å². The van der Waals surface area contributed by atoms with Crippen molar-refractivity contribution in [3.8, 4) is 0 Å². The summed E-state index contributed by atoms with van der Waals surface area (Å²) in [5.74, 6) is -1.60. The first-order valence-corrected chi connectivity index (χ1v) is 9.97. The fourth-order valence-corrected chi connectivity index (χ4v) is 4.03. The van der Waals surface area contributed by atoms with Gasteiger partial charge in [0.1, 0.15) is 0 Å². The molecule has 0 radical (unpaired) electrons. The van der Waals surface area contributed by atoms with E-state index in [1.54, 1.807) is 6.08 Å². The van der Waals surface area contributed by atoms with Gasteiger partial charge in [0.15, 0.2) is 5.78 Å². The lowest BCUT2D eigenvalue weighted by atomic mass is 9.72. The molecule has 2 rings (SSSR count). The average molecular weight is 396 g/mol. The molecule has 0 spiro atoms. The summed E-state index contributed by atoms with van der Waals surface area (Å²) in [5, 5.41) is 18.3. The molecule has 2 saturated heterocycles. The fraction of sp³-hybridized carbons (Fsp3) is 0.762. The Labute approximate surface area is 166 Å². The first-order chi connectivity index (χ1) is 13.0. The number of hydrogen-bond donors (Lipinski definition) is 2. The molecule has 0 saturated carbocycles. The summed E-state index contributed by atoms with van der Waals surface area (Å²) in [6.45, 7) is 7.94. The third kappa shape index (κ3) is 5.00. The number of carbonyl (C=O) groups is 3. The predicted octanol–water partition coefficient (Wildman–Crippen LogP) is 2.50. The second-order valence-corrected chi connectivity index (χ2v) is 8.75. The molecule has 158 valence electrons. The lowest BCUT2D eigenvalue weighted by Crippen LogP contribution is -2.42. The molecule has 0 aliphatic carbocycles. The number of carboxylic acid groups (broad SMARTS) is 1. The number of ether oxygens (including phenoxy) is 2. The second-order valence-electron chi connectivity index (χ2n) is 8.75. The Morgan fingerprint density at radius 3 is 2.54 bits per heavy atom. The zero-order valence-corrected chi connectivity index (χ0v) is 17.1. The number of rotatable bonds is 10. The van der Waals surface area contributed by atoms with E-state index < -0.39 is 29.5 Å². The molecule has 28 heavy (non-hydrogen) atoms. The lowest BCUT2D eigenvalue weighted by Gasteiger charge is -2.35. The van der Waals surface area contributed by atoms with Crippen molar-refractivity contribution in [1.29, 1.82) is 0 Å². The van der Waals surface area contributed by atoms with Crippen molar-refractivity contribution in [3.05, 3.63) is 12.2 Å². The molecule has 2 aliphatic heterocycles. The molecule has 2 heterocycles. The summed E-state index contributed by atoms with van der Waals surface area (Å²) in [7, 11) is 0. The first-order valence-electron chi connectivity index (χ1n) is 9.97. The third-order valence-corrected chi connectivity index (χ3v) is 6.17. The van der Waals surface area contributed by atoms with Crippen molar-refractivity contribution < 1.29 is 34.1 Å². The maximum absolute atomic E-state index is 12.3. The van der Waals surface area contributed by atoms with Gasteiger partial charge in [-0.2, -0.15) is 0 Å². The maximum atomic E-state index is 12.3. The van der Waals surface area contributed by atoms with E-state index in [2.05, 4.69) is 6.92 Å². The number of aliphatic hydroxyl groups is 1. The van der Waals surface area contributed by atoms with E-state index in [1.807, 2.05) is 20.8 Å². The van der Waals surface area contributed by atoms with E-state index in [0.29, 0.717) is 6.42 Å². The maximum Gasteiger partial charge on any atom is 0.311 e. The molecule has 7 heteroatoms. The number of carbonyl (C=O) groups excluding carboxylic acids is 2. The molecule has 5 atom stereocenters. The summed E-state index contributed by atoms with van der Waals surface area (Å²) in [6.07, 6.45) is 3.59. The van der Waals surface area contributed by atoms with Crippen LogP contribution in [0.2, 0.25) is 0 Å². The predicted molar refractivity (Wildman–Crippen MR) is 102 cm³/mol. The summed E-state index contributed by atoms with van der Waals surface area (Å²) in [6, 6.07) is 0. The largest absolute Gasteiger partial charge is 0.481 e. The van der Waals surface area contributed by atoms with Crippen LogP contribution in [0, 0.1) is 17.3 Å². The number of hydrogen-bond acceptors (Lipinski definition) is 6. The Kier molecular flexibility index (Phi) is 7.04. The summed E-state index contributed by atoms with van der Waals surface area (Å²) >= 11 is 0. The zero-order valence-electron chi connectivity index (χ0n) is 17.1. The van der Waals surface area contributed by atoms with Crippen molar-refractivity contribution >= 4 is 17.7 Å². The van der Waals surface area contributed by atoms with Crippen LogP contribution >= 0.6 is 0 Å². The van der Waals surface area contributed by atoms with Crippen LogP contribution in [-0.4, -0.2) is 52.4 Å². The van der Waals surface area contributed by atoms with E-state index in [0.717, 1.165) is 12.8 Å². The van der Waals surface area contributed by atoms with Crippen LogP contribution in [0.25, 0.3) is 0 Å². The highest BCUT2D eigenvalue weighted by atomic mass is 16.5. The number of aliphatic carboxylic acids is 1. The molecule has 2 bridgehead atoms. The zero-order chi connectivity index (χ0) is 21.1. The number of allylic oxidation sites excluding steroid dienone is 1. The molecular weight excluding hydrogens is 364 g/mol. The van der Waals surface area contributed by atoms with Gasteiger partial charge in [-0.3, -0.25) is 14.4 Å².